The molecule has 1 heterocycles. The van der Waals surface area contributed by atoms with E-state index in [-0.39, 0.29) is 28.1 Å². The predicted molar refractivity (Wildman–Crippen MR) is 131 cm³/mol. The van der Waals surface area contributed by atoms with Crippen molar-refractivity contribution in [2.45, 2.75) is 88.3 Å². The van der Waals surface area contributed by atoms with E-state index >= 15 is 0 Å². The van der Waals surface area contributed by atoms with E-state index in [4.69, 9.17) is 9.47 Å². The molecular weight excluding hydrogens is 442 g/mol. The van der Waals surface area contributed by atoms with E-state index in [1.165, 1.54) is 4.31 Å². The highest BCUT2D eigenvalue weighted by Gasteiger charge is 2.75. The summed E-state index contributed by atoms with van der Waals surface area (Å²) in [7, 11) is -5.21. The Labute approximate surface area is 195 Å². The molecule has 1 fully saturated rings. The minimum Gasteiger partial charge on any atom is -0.465 e. The van der Waals surface area contributed by atoms with Crippen LogP contribution in [0.25, 0.3) is 0 Å². The summed E-state index contributed by atoms with van der Waals surface area (Å²) >= 11 is 0. The molecule has 1 aliphatic heterocycles. The van der Waals surface area contributed by atoms with E-state index in [1.807, 2.05) is 6.92 Å². The standard InChI is InChI=1S/C24H39NO5SSi/c1-11-30-23(26)22-20(9)24(29-10,32(16(2)3,17(4)5)18(6)7)25(22)31(27,28)21-14-12-19(8)13-15-21/h12-18,22H,9,11H2,1-8,10H3/t22-,24?/m0/s1. The number of hydrogen-bond acceptors (Lipinski definition) is 5. The highest BCUT2D eigenvalue weighted by atomic mass is 32.2. The molecule has 6 nitrogen and oxygen atoms in total. The van der Waals surface area contributed by atoms with Crippen molar-refractivity contribution < 1.29 is 22.7 Å². The zero-order valence-corrected chi connectivity index (χ0v) is 22.7. The fraction of sp³-hybridized carbons (Fsp3) is 0.625. The Kier molecular flexibility index (Phi) is 7.87. The van der Waals surface area contributed by atoms with Gasteiger partial charge in [0, 0.05) is 7.11 Å². The van der Waals surface area contributed by atoms with E-state index in [0.717, 1.165) is 5.56 Å². The first-order valence-corrected chi connectivity index (χ1v) is 15.0. The smallest absolute Gasteiger partial charge is 0.328 e. The number of carbonyl (C=O) groups excluding carboxylic acids is 1. The van der Waals surface area contributed by atoms with Crippen LogP contribution in [0.2, 0.25) is 16.6 Å². The van der Waals surface area contributed by atoms with Crippen LogP contribution >= 0.6 is 0 Å². The molecule has 0 amide bonds. The third-order valence-corrected chi connectivity index (χ3v) is 16.8. The van der Waals surface area contributed by atoms with Crippen molar-refractivity contribution >= 4 is 24.1 Å². The minimum atomic E-state index is -4.09. The lowest BCUT2D eigenvalue weighted by Gasteiger charge is -2.67. The minimum absolute atomic E-state index is 0.130. The van der Waals surface area contributed by atoms with Crippen LogP contribution in [0.5, 0.6) is 0 Å². The van der Waals surface area contributed by atoms with Crippen molar-refractivity contribution in [1.29, 1.82) is 0 Å². The van der Waals surface area contributed by atoms with Gasteiger partial charge in [0.05, 0.1) is 11.5 Å². The molecule has 2 atom stereocenters. The summed E-state index contributed by atoms with van der Waals surface area (Å²) in [4.78, 5) is 13.1. The van der Waals surface area contributed by atoms with Gasteiger partial charge >= 0.3 is 5.97 Å². The topological polar surface area (TPSA) is 72.9 Å². The highest BCUT2D eigenvalue weighted by molar-refractivity contribution is 7.89. The van der Waals surface area contributed by atoms with E-state index in [1.54, 1.807) is 38.3 Å². The first-order valence-electron chi connectivity index (χ1n) is 11.3. The predicted octanol–water partition coefficient (Wildman–Crippen LogP) is 5.05. The second-order valence-corrected chi connectivity index (χ2v) is 17.4. The summed E-state index contributed by atoms with van der Waals surface area (Å²) in [5, 5.41) is -1.26. The molecule has 180 valence electrons. The Balaban J connectivity index is 2.90. The molecule has 2 rings (SSSR count). The van der Waals surface area contributed by atoms with Crippen molar-refractivity contribution in [3.8, 4) is 0 Å². The first-order chi connectivity index (χ1) is 14.8. The normalized spacial score (nSPS) is 22.5. The highest BCUT2D eigenvalue weighted by Crippen LogP contribution is 2.61. The maximum Gasteiger partial charge on any atom is 0.328 e. The van der Waals surface area contributed by atoms with Crippen LogP contribution in [-0.4, -0.2) is 51.9 Å². The van der Waals surface area contributed by atoms with Crippen molar-refractivity contribution in [2.75, 3.05) is 13.7 Å². The van der Waals surface area contributed by atoms with Gasteiger partial charge in [0.15, 0.2) is 0 Å². The first kappa shape index (κ1) is 26.8. The van der Waals surface area contributed by atoms with Crippen LogP contribution in [0.15, 0.2) is 41.3 Å². The van der Waals surface area contributed by atoms with Crippen molar-refractivity contribution in [2.24, 2.45) is 0 Å². The van der Waals surface area contributed by atoms with Gasteiger partial charge in [-0.15, -0.1) is 4.31 Å². The van der Waals surface area contributed by atoms with Gasteiger partial charge < -0.3 is 9.47 Å². The van der Waals surface area contributed by atoms with Crippen LogP contribution in [0.3, 0.4) is 0 Å². The number of methoxy groups -OCH3 is 1. The molecule has 0 aliphatic carbocycles. The lowest BCUT2D eigenvalue weighted by Crippen LogP contribution is -2.84. The average molecular weight is 482 g/mol. The van der Waals surface area contributed by atoms with Gasteiger partial charge in [0.1, 0.15) is 19.5 Å². The fourth-order valence-electron chi connectivity index (χ4n) is 6.22. The molecule has 0 bridgehead atoms. The summed E-state index contributed by atoms with van der Waals surface area (Å²) in [6, 6.07) is 5.57. The van der Waals surface area contributed by atoms with Gasteiger partial charge in [-0.1, -0.05) is 65.8 Å². The maximum absolute atomic E-state index is 14.1. The van der Waals surface area contributed by atoms with Crippen LogP contribution in [0.4, 0.5) is 0 Å². The number of hydrogen-bond donors (Lipinski definition) is 0. The number of rotatable bonds is 9. The van der Waals surface area contributed by atoms with E-state index in [0.29, 0.717) is 5.57 Å². The van der Waals surface area contributed by atoms with Crippen LogP contribution in [-0.2, 0) is 24.3 Å². The van der Waals surface area contributed by atoms with E-state index in [9.17, 15) is 13.2 Å². The van der Waals surface area contributed by atoms with Gasteiger partial charge in [-0.05, 0) is 48.2 Å². The molecule has 32 heavy (non-hydrogen) atoms. The zero-order valence-electron chi connectivity index (χ0n) is 20.9. The fourth-order valence-corrected chi connectivity index (χ4v) is 16.7. The van der Waals surface area contributed by atoms with Gasteiger partial charge in [-0.2, -0.15) is 0 Å². The number of benzene rings is 1. The molecule has 1 aromatic rings. The molecule has 1 unspecified atom stereocenters. The van der Waals surface area contributed by atoms with Crippen LogP contribution in [0.1, 0.15) is 54.0 Å². The number of aryl methyl sites for hydroxylation is 1. The van der Waals surface area contributed by atoms with Gasteiger partial charge in [0.25, 0.3) is 0 Å². The number of ether oxygens (including phenoxy) is 2. The monoisotopic (exact) mass is 481 g/mol. The number of carbonyl (C=O) groups is 1. The largest absolute Gasteiger partial charge is 0.465 e. The Hall–Kier alpha value is -1.48. The molecule has 8 heteroatoms. The third-order valence-electron chi connectivity index (χ3n) is 7.15. The van der Waals surface area contributed by atoms with E-state index < -0.39 is 35.5 Å². The lowest BCUT2D eigenvalue weighted by atomic mass is 9.97. The number of nitrogens with zero attached hydrogens (tertiary/aromatic N) is 1. The summed E-state index contributed by atoms with van der Waals surface area (Å²) < 4.78 is 41.0. The van der Waals surface area contributed by atoms with Crippen LogP contribution < -0.4 is 0 Å². The second kappa shape index (κ2) is 9.41. The summed E-state index contributed by atoms with van der Waals surface area (Å²) in [5.41, 5.74) is 1.93. The molecule has 0 radical (unpaired) electrons. The van der Waals surface area contributed by atoms with E-state index in [2.05, 4.69) is 48.1 Å². The molecule has 1 aromatic carbocycles. The van der Waals surface area contributed by atoms with Crippen molar-refractivity contribution in [1.82, 2.24) is 4.31 Å². The molecule has 0 aromatic heterocycles. The second-order valence-electron chi connectivity index (χ2n) is 9.54. The molecular formula is C24H39NO5SSi. The Morgan fingerprint density at radius 1 is 1.09 bits per heavy atom. The van der Waals surface area contributed by atoms with Crippen molar-refractivity contribution in [3.05, 3.63) is 42.0 Å². The molecule has 1 saturated heterocycles. The average Bonchev–Trinajstić information content (AvgIpc) is 2.68. The van der Waals surface area contributed by atoms with Gasteiger partial charge in [-0.3, -0.25) is 0 Å². The summed E-state index contributed by atoms with van der Waals surface area (Å²) in [6.45, 7) is 20.8. The number of esters is 1. The lowest BCUT2D eigenvalue weighted by molar-refractivity contribution is -0.160. The van der Waals surface area contributed by atoms with Gasteiger partial charge in [-0.25, -0.2) is 13.2 Å². The zero-order chi connectivity index (χ0) is 24.6. The molecule has 1 aliphatic rings. The Morgan fingerprint density at radius 2 is 1.56 bits per heavy atom. The Morgan fingerprint density at radius 3 is 1.94 bits per heavy atom. The van der Waals surface area contributed by atoms with Crippen molar-refractivity contribution in [3.63, 3.8) is 0 Å². The SMILES string of the molecule is C=C1[C@@H](C(=O)OCC)N(S(=O)(=O)c2ccc(C)cc2)C1(OC)[Si](C(C)C)(C(C)C)C(C)C. The number of sulfonamides is 1. The van der Waals surface area contributed by atoms with Crippen LogP contribution in [0, 0.1) is 6.92 Å². The van der Waals surface area contributed by atoms with Gasteiger partial charge in [0.2, 0.25) is 10.0 Å². The third kappa shape index (κ3) is 3.59. The maximum atomic E-state index is 14.1. The Bertz CT molecular complexity index is 933. The molecule has 0 saturated carbocycles. The molecule has 0 N–H and O–H groups in total. The quantitative estimate of drug-likeness (QED) is 0.280. The summed E-state index contributed by atoms with van der Waals surface area (Å²) in [5.74, 6) is -0.611. The molecule has 0 spiro atoms. The summed E-state index contributed by atoms with van der Waals surface area (Å²) in [6.07, 6.45) is 0.